The van der Waals surface area contributed by atoms with E-state index in [0.29, 0.717) is 29.0 Å². The molecule has 0 spiro atoms. The van der Waals surface area contributed by atoms with Gasteiger partial charge >= 0.3 is 0 Å². The number of amides is 1. The summed E-state index contributed by atoms with van der Waals surface area (Å²) in [5.41, 5.74) is 3.75. The third-order valence-electron chi connectivity index (χ3n) is 7.98. The van der Waals surface area contributed by atoms with E-state index in [4.69, 9.17) is 4.98 Å². The molecule has 36 heavy (non-hydrogen) atoms. The van der Waals surface area contributed by atoms with Crippen LogP contribution in [-0.2, 0) is 22.8 Å². The Balaban J connectivity index is 1.41. The lowest BCUT2D eigenvalue weighted by molar-refractivity contribution is 0.0945. The molecule has 2 aromatic rings. The van der Waals surface area contributed by atoms with E-state index < -0.39 is 9.84 Å². The zero-order valence-electron chi connectivity index (χ0n) is 22.2. The van der Waals surface area contributed by atoms with Crippen molar-refractivity contribution in [3.63, 3.8) is 0 Å². The molecule has 1 saturated carbocycles. The number of rotatable bonds is 8. The quantitative estimate of drug-likeness (QED) is 0.528. The fourth-order valence-corrected chi connectivity index (χ4v) is 6.62. The summed E-state index contributed by atoms with van der Waals surface area (Å²) in [5.74, 6) is 2.02. The van der Waals surface area contributed by atoms with Crippen LogP contribution in [0.15, 0.2) is 41.4 Å². The van der Waals surface area contributed by atoms with E-state index >= 15 is 0 Å². The highest BCUT2D eigenvalue weighted by molar-refractivity contribution is 7.91. The van der Waals surface area contributed by atoms with Crippen LogP contribution < -0.4 is 5.32 Å². The first-order valence-corrected chi connectivity index (χ1v) is 15.2. The number of aromatic nitrogens is 1. The molecule has 0 bridgehead atoms. The van der Waals surface area contributed by atoms with E-state index in [1.54, 1.807) is 37.4 Å². The van der Waals surface area contributed by atoms with Crippen LogP contribution in [-0.4, -0.2) is 43.1 Å². The molecule has 196 valence electrons. The smallest absolute Gasteiger partial charge is 0.253 e. The standard InChI is InChI=1S/C29H41N3O3S/c1-5-36(34,35)26-12-10-22(11-13-26)17-31-29(33)25-16-24-14-15-32(19-23-8-6-21(4)7-9-23)28(20(2)3)27(24)30-18-25/h10-13,16,18,20-21,23,28H,5-9,14-15,17,19H2,1-4H3,(H,31,33)/t21?,23?,28-/m1/s1. The molecule has 7 heteroatoms. The Hall–Kier alpha value is -2.25. The highest BCUT2D eigenvalue weighted by atomic mass is 32.2. The molecule has 1 aromatic carbocycles. The van der Waals surface area contributed by atoms with Crippen molar-refractivity contribution < 1.29 is 13.2 Å². The fraction of sp³-hybridized carbons (Fsp3) is 0.586. The number of sulfone groups is 1. The van der Waals surface area contributed by atoms with Crippen LogP contribution >= 0.6 is 0 Å². The van der Waals surface area contributed by atoms with Crippen molar-refractivity contribution in [1.82, 2.24) is 15.2 Å². The van der Waals surface area contributed by atoms with Crippen LogP contribution in [0.5, 0.6) is 0 Å². The van der Waals surface area contributed by atoms with E-state index in [-0.39, 0.29) is 11.7 Å². The fourth-order valence-electron chi connectivity index (χ4n) is 5.74. The van der Waals surface area contributed by atoms with E-state index in [9.17, 15) is 13.2 Å². The van der Waals surface area contributed by atoms with Gasteiger partial charge in [0.2, 0.25) is 0 Å². The first-order chi connectivity index (χ1) is 17.2. The van der Waals surface area contributed by atoms with Gasteiger partial charge in [0.1, 0.15) is 0 Å². The average molecular weight is 512 g/mol. The van der Waals surface area contributed by atoms with Crippen molar-refractivity contribution >= 4 is 15.7 Å². The van der Waals surface area contributed by atoms with Gasteiger partial charge in [-0.1, -0.05) is 52.7 Å². The van der Waals surface area contributed by atoms with E-state index in [0.717, 1.165) is 42.6 Å². The van der Waals surface area contributed by atoms with Gasteiger partial charge in [0.15, 0.2) is 9.84 Å². The molecule has 6 nitrogen and oxygen atoms in total. The summed E-state index contributed by atoms with van der Waals surface area (Å²) < 4.78 is 24.0. The molecule has 1 aromatic heterocycles. The van der Waals surface area contributed by atoms with Crippen LogP contribution in [0.2, 0.25) is 0 Å². The molecule has 2 aliphatic rings. The number of fused-ring (bicyclic) bond motifs is 1. The highest BCUT2D eigenvalue weighted by Crippen LogP contribution is 2.37. The molecule has 1 aliphatic heterocycles. The molecule has 4 rings (SSSR count). The summed E-state index contributed by atoms with van der Waals surface area (Å²) >= 11 is 0. The third kappa shape index (κ3) is 6.17. The minimum atomic E-state index is -3.22. The summed E-state index contributed by atoms with van der Waals surface area (Å²) in [7, 11) is -3.22. The number of carbonyl (C=O) groups is 1. The van der Waals surface area contributed by atoms with Gasteiger partial charge in [0.25, 0.3) is 5.91 Å². The summed E-state index contributed by atoms with van der Waals surface area (Å²) in [6, 6.07) is 9.02. The van der Waals surface area contributed by atoms with E-state index in [2.05, 4.69) is 31.0 Å². The highest BCUT2D eigenvalue weighted by Gasteiger charge is 2.33. The number of benzene rings is 1. The van der Waals surface area contributed by atoms with Crippen molar-refractivity contribution in [2.75, 3.05) is 18.8 Å². The van der Waals surface area contributed by atoms with E-state index in [1.165, 1.54) is 31.2 Å². The zero-order chi connectivity index (χ0) is 25.9. The van der Waals surface area contributed by atoms with Crippen LogP contribution in [0.1, 0.15) is 86.6 Å². The lowest BCUT2D eigenvalue weighted by atomic mass is 9.81. The summed E-state index contributed by atoms with van der Waals surface area (Å²) in [6.07, 6.45) is 7.99. The predicted molar refractivity (Wildman–Crippen MR) is 144 cm³/mol. The zero-order valence-corrected chi connectivity index (χ0v) is 23.0. The molecule has 0 radical (unpaired) electrons. The molecule has 0 unspecified atom stereocenters. The van der Waals surface area contributed by atoms with Crippen molar-refractivity contribution in [2.45, 2.75) is 77.3 Å². The molecule has 0 saturated heterocycles. The Morgan fingerprint density at radius 2 is 1.83 bits per heavy atom. The second-order valence-electron chi connectivity index (χ2n) is 11.1. The molecule has 1 atom stereocenters. The molecule has 1 fully saturated rings. The van der Waals surface area contributed by atoms with E-state index in [1.807, 2.05) is 6.07 Å². The van der Waals surface area contributed by atoms with Gasteiger partial charge in [-0.2, -0.15) is 0 Å². The Morgan fingerprint density at radius 3 is 2.47 bits per heavy atom. The number of hydrogen-bond acceptors (Lipinski definition) is 5. The normalized spacial score (nSPS) is 22.9. The molecular weight excluding hydrogens is 470 g/mol. The van der Waals surface area contributed by atoms with Crippen molar-refractivity contribution in [3.05, 3.63) is 58.9 Å². The van der Waals surface area contributed by atoms with Gasteiger partial charge in [0, 0.05) is 25.8 Å². The predicted octanol–water partition coefficient (Wildman–Crippen LogP) is 5.19. The second-order valence-corrected chi connectivity index (χ2v) is 13.3. The number of nitrogens with one attached hydrogen (secondary N) is 1. The topological polar surface area (TPSA) is 79.4 Å². The molecule has 1 amide bonds. The Labute approximate surface area is 216 Å². The summed E-state index contributed by atoms with van der Waals surface area (Å²) in [6.45, 7) is 11.1. The van der Waals surface area contributed by atoms with Gasteiger partial charge in [0.05, 0.1) is 27.9 Å². The monoisotopic (exact) mass is 511 g/mol. The van der Waals surface area contributed by atoms with Crippen molar-refractivity contribution in [2.24, 2.45) is 17.8 Å². The summed E-state index contributed by atoms with van der Waals surface area (Å²) in [5, 5.41) is 2.96. The second kappa shape index (κ2) is 11.4. The molecule has 2 heterocycles. The number of hydrogen-bond donors (Lipinski definition) is 1. The molecule has 1 N–H and O–H groups in total. The van der Waals surface area contributed by atoms with Crippen LogP contribution in [0.3, 0.4) is 0 Å². The average Bonchev–Trinajstić information content (AvgIpc) is 2.88. The van der Waals surface area contributed by atoms with Gasteiger partial charge in [-0.3, -0.25) is 14.7 Å². The maximum absolute atomic E-state index is 12.9. The minimum Gasteiger partial charge on any atom is -0.348 e. The van der Waals surface area contributed by atoms with Gasteiger partial charge < -0.3 is 5.32 Å². The van der Waals surface area contributed by atoms with Gasteiger partial charge in [-0.25, -0.2) is 8.42 Å². The maximum atomic E-state index is 12.9. The first-order valence-electron chi connectivity index (χ1n) is 13.5. The largest absolute Gasteiger partial charge is 0.348 e. The lowest BCUT2D eigenvalue weighted by Crippen LogP contribution is -2.42. The molecular formula is C29H41N3O3S. The van der Waals surface area contributed by atoms with Crippen LogP contribution in [0.4, 0.5) is 0 Å². The maximum Gasteiger partial charge on any atom is 0.253 e. The Bertz CT molecular complexity index is 1150. The summed E-state index contributed by atoms with van der Waals surface area (Å²) in [4.78, 5) is 20.7. The number of carbonyl (C=O) groups excluding carboxylic acids is 1. The lowest BCUT2D eigenvalue weighted by Gasteiger charge is -2.41. The van der Waals surface area contributed by atoms with Crippen molar-refractivity contribution in [3.8, 4) is 0 Å². The van der Waals surface area contributed by atoms with Crippen LogP contribution in [0, 0.1) is 17.8 Å². The minimum absolute atomic E-state index is 0.0731. The molecule has 1 aliphatic carbocycles. The number of pyridine rings is 1. The van der Waals surface area contributed by atoms with Crippen molar-refractivity contribution in [1.29, 1.82) is 0 Å². The number of nitrogens with zero attached hydrogens (tertiary/aromatic N) is 2. The van der Waals surface area contributed by atoms with Crippen LogP contribution in [0.25, 0.3) is 0 Å². The van der Waals surface area contributed by atoms with Gasteiger partial charge in [-0.15, -0.1) is 0 Å². The SMILES string of the molecule is CCS(=O)(=O)c1ccc(CNC(=O)c2cnc3c(c2)CCN(CC2CCC(C)CC2)[C@@H]3C(C)C)cc1. The van der Waals surface area contributed by atoms with Gasteiger partial charge in [-0.05, 0) is 66.3 Å². The Kier molecular flexibility index (Phi) is 8.51. The first kappa shape index (κ1) is 26.8. The Morgan fingerprint density at radius 1 is 1.14 bits per heavy atom. The third-order valence-corrected chi connectivity index (χ3v) is 9.73.